The van der Waals surface area contributed by atoms with Crippen LogP contribution in [-0.4, -0.2) is 29.9 Å². The Kier molecular flexibility index (Phi) is 5.63. The molecule has 1 saturated heterocycles. The molecule has 6 heteroatoms. The maximum atomic E-state index is 13.8. The van der Waals surface area contributed by atoms with Crippen molar-refractivity contribution in [2.24, 2.45) is 17.6 Å². The van der Waals surface area contributed by atoms with Crippen LogP contribution in [0.15, 0.2) is 18.2 Å². The van der Waals surface area contributed by atoms with E-state index in [1.54, 1.807) is 0 Å². The molecule has 0 bridgehead atoms. The number of hydrogen-bond acceptors (Lipinski definition) is 2. The van der Waals surface area contributed by atoms with E-state index in [1.807, 2.05) is 11.8 Å². The molecule has 1 amide bonds. The predicted octanol–water partition coefficient (Wildman–Crippen LogP) is 3.08. The van der Waals surface area contributed by atoms with Crippen LogP contribution >= 0.6 is 12.4 Å². The first-order valence-electron chi connectivity index (χ1n) is 7.96. The van der Waals surface area contributed by atoms with Crippen LogP contribution < -0.4 is 5.73 Å². The summed E-state index contributed by atoms with van der Waals surface area (Å²) in [6.07, 6.45) is 2.47. The fraction of sp³-hybridized carbons (Fsp3) is 0.588. The van der Waals surface area contributed by atoms with Crippen LogP contribution in [0.4, 0.5) is 8.78 Å². The number of carbonyl (C=O) groups is 1. The highest BCUT2D eigenvalue weighted by Crippen LogP contribution is 2.49. The highest BCUT2D eigenvalue weighted by Gasteiger charge is 2.47. The molecule has 0 radical (unpaired) electrons. The van der Waals surface area contributed by atoms with Crippen molar-refractivity contribution in [3.8, 4) is 0 Å². The third-order valence-electron chi connectivity index (χ3n) is 5.06. The van der Waals surface area contributed by atoms with E-state index in [9.17, 15) is 13.6 Å². The van der Waals surface area contributed by atoms with Crippen LogP contribution in [0, 0.1) is 23.5 Å². The largest absolute Gasteiger partial charge is 0.342 e. The zero-order valence-electron chi connectivity index (χ0n) is 13.2. The minimum atomic E-state index is -0.452. The Morgan fingerprint density at radius 2 is 1.96 bits per heavy atom. The number of halogens is 3. The molecule has 3 rings (SSSR count). The summed E-state index contributed by atoms with van der Waals surface area (Å²) >= 11 is 0. The molecule has 1 aliphatic heterocycles. The second-order valence-corrected chi connectivity index (χ2v) is 6.64. The second-order valence-electron chi connectivity index (χ2n) is 6.64. The van der Waals surface area contributed by atoms with Crippen LogP contribution in [-0.2, 0) is 4.79 Å². The van der Waals surface area contributed by atoms with E-state index in [0.717, 1.165) is 38.1 Å². The molecule has 2 N–H and O–H groups in total. The summed E-state index contributed by atoms with van der Waals surface area (Å²) in [6, 6.07) is 3.62. The number of nitrogens with two attached hydrogens (primary N) is 1. The third-order valence-corrected chi connectivity index (χ3v) is 5.06. The number of amides is 1. The minimum Gasteiger partial charge on any atom is -0.342 e. The molecule has 1 aromatic rings. The first-order chi connectivity index (χ1) is 10.5. The van der Waals surface area contributed by atoms with Gasteiger partial charge in [-0.15, -0.1) is 12.4 Å². The predicted molar refractivity (Wildman–Crippen MR) is 87.4 cm³/mol. The average Bonchev–Trinajstić information content (AvgIpc) is 3.29. The van der Waals surface area contributed by atoms with Crippen LogP contribution in [0.1, 0.15) is 37.7 Å². The Bertz CT molecular complexity index is 574. The maximum Gasteiger partial charge on any atom is 0.226 e. The van der Waals surface area contributed by atoms with E-state index in [-0.39, 0.29) is 36.2 Å². The highest BCUT2D eigenvalue weighted by molar-refractivity contribution is 5.85. The van der Waals surface area contributed by atoms with Crippen LogP contribution in [0.2, 0.25) is 0 Å². The molecule has 1 saturated carbocycles. The fourth-order valence-corrected chi connectivity index (χ4v) is 3.49. The molecule has 3 nitrogen and oxygen atoms in total. The molecule has 23 heavy (non-hydrogen) atoms. The summed E-state index contributed by atoms with van der Waals surface area (Å²) in [5, 5.41) is 0. The highest BCUT2D eigenvalue weighted by atomic mass is 35.5. The van der Waals surface area contributed by atoms with Crippen molar-refractivity contribution < 1.29 is 13.6 Å². The van der Waals surface area contributed by atoms with Crippen LogP contribution in [0.3, 0.4) is 0 Å². The van der Waals surface area contributed by atoms with E-state index >= 15 is 0 Å². The van der Waals surface area contributed by atoms with E-state index in [0.29, 0.717) is 17.9 Å². The van der Waals surface area contributed by atoms with Crippen molar-refractivity contribution in [1.82, 2.24) is 4.90 Å². The molecule has 3 atom stereocenters. The third kappa shape index (κ3) is 3.83. The SMILES string of the molecule is CC(N)C1CCN(C(=O)C2CC2c2cc(F)ccc2F)CC1.Cl. The Balaban J connectivity index is 0.00000192. The van der Waals surface area contributed by atoms with Gasteiger partial charge in [0.25, 0.3) is 0 Å². The van der Waals surface area contributed by atoms with Gasteiger partial charge in [-0.2, -0.15) is 0 Å². The molecule has 1 aliphatic carbocycles. The lowest BCUT2D eigenvalue weighted by atomic mass is 9.90. The maximum absolute atomic E-state index is 13.8. The molecule has 1 aromatic carbocycles. The van der Waals surface area contributed by atoms with E-state index in [2.05, 4.69) is 0 Å². The number of benzene rings is 1. The Morgan fingerprint density at radius 3 is 2.57 bits per heavy atom. The van der Waals surface area contributed by atoms with Gasteiger partial charge in [-0.05, 0) is 61.8 Å². The molecule has 0 spiro atoms. The molecule has 128 valence electrons. The number of piperidine rings is 1. The van der Waals surface area contributed by atoms with E-state index in [1.165, 1.54) is 6.07 Å². The van der Waals surface area contributed by atoms with Crippen molar-refractivity contribution in [3.63, 3.8) is 0 Å². The van der Waals surface area contributed by atoms with Crippen molar-refractivity contribution >= 4 is 18.3 Å². The van der Waals surface area contributed by atoms with Crippen molar-refractivity contribution in [2.75, 3.05) is 13.1 Å². The van der Waals surface area contributed by atoms with Crippen molar-refractivity contribution in [1.29, 1.82) is 0 Å². The van der Waals surface area contributed by atoms with Gasteiger partial charge in [0.15, 0.2) is 0 Å². The van der Waals surface area contributed by atoms with Crippen molar-refractivity contribution in [2.45, 2.75) is 38.1 Å². The Morgan fingerprint density at radius 1 is 1.30 bits per heavy atom. The summed E-state index contributed by atoms with van der Waals surface area (Å²) in [5.74, 6) is -0.682. The quantitative estimate of drug-likeness (QED) is 0.916. The van der Waals surface area contributed by atoms with Gasteiger partial charge in [-0.25, -0.2) is 8.78 Å². The lowest BCUT2D eigenvalue weighted by Gasteiger charge is -2.34. The van der Waals surface area contributed by atoms with Gasteiger partial charge >= 0.3 is 0 Å². The first-order valence-corrected chi connectivity index (χ1v) is 7.96. The minimum absolute atomic E-state index is 0. The molecule has 3 unspecified atom stereocenters. The van der Waals surface area contributed by atoms with Crippen LogP contribution in [0.5, 0.6) is 0 Å². The van der Waals surface area contributed by atoms with Gasteiger partial charge in [0, 0.05) is 25.0 Å². The number of rotatable bonds is 3. The lowest BCUT2D eigenvalue weighted by Crippen LogP contribution is -2.43. The molecule has 1 heterocycles. The van der Waals surface area contributed by atoms with Gasteiger partial charge in [-0.3, -0.25) is 4.79 Å². The average molecular weight is 345 g/mol. The zero-order chi connectivity index (χ0) is 15.9. The molecular weight excluding hydrogens is 322 g/mol. The molecule has 2 aliphatic rings. The first kappa shape index (κ1) is 18.1. The standard InChI is InChI=1S/C17H22F2N2O.ClH/c1-10(20)11-4-6-21(7-5-11)17(22)15-9-13(15)14-8-12(18)2-3-16(14)19;/h2-3,8,10-11,13,15H,4-7,9,20H2,1H3;1H. The lowest BCUT2D eigenvalue weighted by molar-refractivity contribution is -0.134. The van der Waals surface area contributed by atoms with Gasteiger partial charge in [0.05, 0.1) is 0 Å². The molecule has 0 aromatic heterocycles. The van der Waals surface area contributed by atoms with Gasteiger partial charge in [0.2, 0.25) is 5.91 Å². The van der Waals surface area contributed by atoms with Gasteiger partial charge in [0.1, 0.15) is 11.6 Å². The van der Waals surface area contributed by atoms with E-state index in [4.69, 9.17) is 5.73 Å². The van der Waals surface area contributed by atoms with Crippen molar-refractivity contribution in [3.05, 3.63) is 35.4 Å². The Hall–Kier alpha value is -1.20. The van der Waals surface area contributed by atoms with E-state index < -0.39 is 11.6 Å². The Labute approximate surface area is 141 Å². The fourth-order valence-electron chi connectivity index (χ4n) is 3.49. The zero-order valence-corrected chi connectivity index (χ0v) is 14.0. The summed E-state index contributed by atoms with van der Waals surface area (Å²) in [4.78, 5) is 14.4. The summed E-state index contributed by atoms with van der Waals surface area (Å²) in [7, 11) is 0. The van der Waals surface area contributed by atoms with Crippen LogP contribution in [0.25, 0.3) is 0 Å². The number of hydrogen-bond donors (Lipinski definition) is 1. The summed E-state index contributed by atoms with van der Waals surface area (Å²) in [6.45, 7) is 3.45. The molecule has 2 fully saturated rings. The smallest absolute Gasteiger partial charge is 0.226 e. The summed E-state index contributed by atoms with van der Waals surface area (Å²) in [5.41, 5.74) is 6.25. The summed E-state index contributed by atoms with van der Waals surface area (Å²) < 4.78 is 27.0. The number of carbonyl (C=O) groups excluding carboxylic acids is 1. The number of likely N-dealkylation sites (tertiary alicyclic amines) is 1. The monoisotopic (exact) mass is 344 g/mol. The topological polar surface area (TPSA) is 46.3 Å². The number of nitrogens with zero attached hydrogens (tertiary/aromatic N) is 1. The second kappa shape index (κ2) is 7.14. The normalized spacial score (nSPS) is 25.7. The van der Waals surface area contributed by atoms with Gasteiger partial charge in [-0.1, -0.05) is 0 Å². The molecular formula is C17H23ClF2N2O. The van der Waals surface area contributed by atoms with Gasteiger partial charge < -0.3 is 10.6 Å².